The van der Waals surface area contributed by atoms with Gasteiger partial charge in [0.2, 0.25) is 5.91 Å². The number of hydrogen-bond acceptors (Lipinski definition) is 5. The summed E-state index contributed by atoms with van der Waals surface area (Å²) in [6.45, 7) is 9.07. The number of aliphatic hydroxyl groups excluding tert-OH is 1. The third-order valence-electron chi connectivity index (χ3n) is 6.61. The van der Waals surface area contributed by atoms with Crippen molar-refractivity contribution in [3.63, 3.8) is 0 Å². The normalized spacial score (nSPS) is 38.2. The highest BCUT2D eigenvalue weighted by molar-refractivity contribution is 5.87. The zero-order valence-electron chi connectivity index (χ0n) is 22.2. The smallest absolute Gasteiger partial charge is 0.243 e. The second kappa shape index (κ2) is 15.9. The van der Waals surface area contributed by atoms with Gasteiger partial charge in [0.25, 0.3) is 0 Å². The summed E-state index contributed by atoms with van der Waals surface area (Å²) in [6.07, 6.45) is 19.9. The number of carbonyl (C=O) groups is 1. The van der Waals surface area contributed by atoms with E-state index in [1.807, 2.05) is 20.0 Å². The first-order valence-electron chi connectivity index (χ1n) is 13.1. The Morgan fingerprint density at radius 3 is 2.69 bits per heavy atom. The minimum Gasteiger partial charge on any atom is -0.391 e. The van der Waals surface area contributed by atoms with E-state index in [2.05, 4.69) is 61.8 Å². The highest BCUT2D eigenvalue weighted by atomic mass is 16.7. The minimum atomic E-state index is -0.522. The summed E-state index contributed by atoms with van der Waals surface area (Å²) < 4.78 is 12.5. The lowest BCUT2D eigenvalue weighted by molar-refractivity contribution is -0.241. The van der Waals surface area contributed by atoms with Crippen LogP contribution in [-0.4, -0.2) is 55.2 Å². The number of carbonyl (C=O) groups excluding carboxylic acids is 1. The van der Waals surface area contributed by atoms with E-state index in [9.17, 15) is 9.90 Å². The second-order valence-corrected chi connectivity index (χ2v) is 9.86. The molecule has 2 rings (SSSR count). The highest BCUT2D eigenvalue weighted by Gasteiger charge is 2.36. The third kappa shape index (κ3) is 11.1. The van der Waals surface area contributed by atoms with Crippen molar-refractivity contribution in [2.24, 2.45) is 5.92 Å². The molecule has 6 heteroatoms. The molecule has 3 N–H and O–H groups in total. The van der Waals surface area contributed by atoms with Crippen molar-refractivity contribution in [3.8, 4) is 0 Å². The molecule has 0 radical (unpaired) electrons. The van der Waals surface area contributed by atoms with Crippen molar-refractivity contribution in [1.29, 1.82) is 0 Å². The number of amides is 1. The van der Waals surface area contributed by atoms with Gasteiger partial charge in [0.05, 0.1) is 24.4 Å². The van der Waals surface area contributed by atoms with Gasteiger partial charge in [0.1, 0.15) is 0 Å². The van der Waals surface area contributed by atoms with Gasteiger partial charge in [-0.1, -0.05) is 60.6 Å². The van der Waals surface area contributed by atoms with E-state index in [1.165, 1.54) is 11.1 Å². The first-order valence-corrected chi connectivity index (χ1v) is 13.1. The Kier molecular flexibility index (Phi) is 13.3. The fourth-order valence-corrected chi connectivity index (χ4v) is 4.52. The maximum absolute atomic E-state index is 12.0. The van der Waals surface area contributed by atoms with Gasteiger partial charge < -0.3 is 25.2 Å². The molecule has 35 heavy (non-hydrogen) atoms. The molecule has 6 nitrogen and oxygen atoms in total. The van der Waals surface area contributed by atoms with Crippen molar-refractivity contribution < 1.29 is 19.4 Å². The van der Waals surface area contributed by atoms with Gasteiger partial charge in [0, 0.05) is 25.0 Å². The van der Waals surface area contributed by atoms with E-state index < -0.39 is 12.4 Å². The zero-order chi connectivity index (χ0) is 25.6. The molecule has 0 aromatic rings. The monoisotopic (exact) mass is 486 g/mol. The summed E-state index contributed by atoms with van der Waals surface area (Å²) in [4.78, 5) is 12.0. The fourth-order valence-electron chi connectivity index (χ4n) is 4.52. The molecule has 2 aliphatic rings. The van der Waals surface area contributed by atoms with E-state index in [4.69, 9.17) is 9.47 Å². The summed E-state index contributed by atoms with van der Waals surface area (Å²) in [5.41, 5.74) is 2.62. The van der Waals surface area contributed by atoms with Crippen LogP contribution in [0.25, 0.3) is 0 Å². The predicted molar refractivity (Wildman–Crippen MR) is 143 cm³/mol. The van der Waals surface area contributed by atoms with Crippen LogP contribution < -0.4 is 10.6 Å². The predicted octanol–water partition coefficient (Wildman–Crippen LogP) is 4.73. The molecule has 0 bridgehead atoms. The number of nitrogens with one attached hydrogen (secondary N) is 2. The summed E-state index contributed by atoms with van der Waals surface area (Å²) in [5, 5.41) is 16.6. The average molecular weight is 487 g/mol. The van der Waals surface area contributed by atoms with Crippen LogP contribution in [0.3, 0.4) is 0 Å². The van der Waals surface area contributed by atoms with Crippen LogP contribution in [-0.2, 0) is 14.3 Å². The van der Waals surface area contributed by atoms with Crippen LogP contribution >= 0.6 is 0 Å². The van der Waals surface area contributed by atoms with Crippen LogP contribution in [0.4, 0.5) is 0 Å². The SMILES string of the molecule is CN[C@H]1[C@@H](O)C[C@@H](O[C@H]2C/C=C(\C)C/C(C)=C/C=C/CCCCNC(=O)/C=C/C=C/[C@@H]2C)O[C@@H]1C. The summed E-state index contributed by atoms with van der Waals surface area (Å²) >= 11 is 0. The van der Waals surface area contributed by atoms with Crippen LogP contribution in [0, 0.1) is 5.92 Å². The number of ether oxygens (including phenoxy) is 2. The first kappa shape index (κ1) is 29.2. The van der Waals surface area contributed by atoms with Crippen molar-refractivity contribution in [2.45, 2.75) is 96.9 Å². The van der Waals surface area contributed by atoms with E-state index >= 15 is 0 Å². The van der Waals surface area contributed by atoms with Gasteiger partial charge in [-0.05, 0) is 59.9 Å². The molecule has 2 aliphatic heterocycles. The van der Waals surface area contributed by atoms with E-state index in [0.29, 0.717) is 13.0 Å². The zero-order valence-corrected chi connectivity index (χ0v) is 22.2. The Morgan fingerprint density at radius 2 is 1.94 bits per heavy atom. The molecule has 0 aromatic heterocycles. The Balaban J connectivity index is 2.16. The largest absolute Gasteiger partial charge is 0.391 e. The van der Waals surface area contributed by atoms with Gasteiger partial charge in [0.15, 0.2) is 6.29 Å². The summed E-state index contributed by atoms with van der Waals surface area (Å²) in [5.74, 6) is 0.0184. The van der Waals surface area contributed by atoms with Gasteiger partial charge in [-0.3, -0.25) is 4.79 Å². The number of hydrogen-bond donors (Lipinski definition) is 3. The number of aliphatic hydroxyl groups is 1. The van der Waals surface area contributed by atoms with E-state index in [0.717, 1.165) is 32.1 Å². The van der Waals surface area contributed by atoms with Crippen LogP contribution in [0.5, 0.6) is 0 Å². The molecule has 0 unspecified atom stereocenters. The molecule has 0 spiro atoms. The highest BCUT2D eigenvalue weighted by Crippen LogP contribution is 2.26. The standard InChI is InChI=1S/C29H46N2O4/c1-21-13-9-7-6-8-12-18-31-27(33)15-11-10-14-23(3)26(17-16-22(2)19-21)35-28-20-25(32)29(30-5)24(4)34-28/h7,9-11,13-16,23-26,28-30,32H,6,8,12,17-20H2,1-5H3,(H,31,33)/b9-7+,14-10+,15-11+,21-13+,22-16+/t23-,24+,25-,26-,28+,29+/m0/s1. The van der Waals surface area contributed by atoms with Crippen LogP contribution in [0.2, 0.25) is 0 Å². The molecule has 1 amide bonds. The number of likely N-dealkylation sites (N-methyl/N-ethyl adjacent to an activating group) is 1. The Bertz CT molecular complexity index is 787. The van der Waals surface area contributed by atoms with E-state index in [1.54, 1.807) is 12.2 Å². The maximum Gasteiger partial charge on any atom is 0.243 e. The topological polar surface area (TPSA) is 79.8 Å². The lowest BCUT2D eigenvalue weighted by Crippen LogP contribution is -2.54. The lowest BCUT2D eigenvalue weighted by atomic mass is 9.97. The lowest BCUT2D eigenvalue weighted by Gasteiger charge is -2.39. The third-order valence-corrected chi connectivity index (χ3v) is 6.61. The van der Waals surface area contributed by atoms with Gasteiger partial charge in [-0.2, -0.15) is 0 Å². The first-order chi connectivity index (χ1) is 16.8. The molecule has 196 valence electrons. The van der Waals surface area contributed by atoms with Crippen LogP contribution in [0.1, 0.15) is 66.2 Å². The fraction of sp³-hybridized carbons (Fsp3) is 0.621. The van der Waals surface area contributed by atoms with Gasteiger partial charge in [-0.15, -0.1) is 0 Å². The molecular weight excluding hydrogens is 440 g/mol. The maximum atomic E-state index is 12.0. The van der Waals surface area contributed by atoms with Crippen molar-refractivity contribution in [1.82, 2.24) is 10.6 Å². The average Bonchev–Trinajstić information content (AvgIpc) is 2.80. The Hall–Kier alpha value is -1.99. The molecule has 0 aliphatic carbocycles. The molecule has 0 aromatic carbocycles. The van der Waals surface area contributed by atoms with Crippen molar-refractivity contribution in [3.05, 3.63) is 59.8 Å². The minimum absolute atomic E-state index is 0.0742. The Morgan fingerprint density at radius 1 is 1.14 bits per heavy atom. The van der Waals surface area contributed by atoms with E-state index in [-0.39, 0.29) is 30.1 Å². The van der Waals surface area contributed by atoms with Crippen molar-refractivity contribution >= 4 is 5.91 Å². The quantitative estimate of drug-likeness (QED) is 0.503. The van der Waals surface area contributed by atoms with Gasteiger partial charge >= 0.3 is 0 Å². The number of allylic oxidation sites excluding steroid dienone is 7. The molecular formula is C29H46N2O4. The Labute approximate surface area is 212 Å². The van der Waals surface area contributed by atoms with Crippen molar-refractivity contribution in [2.75, 3.05) is 13.6 Å². The molecule has 1 fully saturated rings. The molecule has 0 saturated carbocycles. The number of rotatable bonds is 3. The summed E-state index contributed by atoms with van der Waals surface area (Å²) in [7, 11) is 1.84. The second-order valence-electron chi connectivity index (χ2n) is 9.86. The molecule has 6 atom stereocenters. The summed E-state index contributed by atoms with van der Waals surface area (Å²) in [6, 6.07) is -0.104. The van der Waals surface area contributed by atoms with Gasteiger partial charge in [-0.25, -0.2) is 0 Å². The molecule has 1 saturated heterocycles. The molecule has 2 heterocycles. The van der Waals surface area contributed by atoms with Crippen LogP contribution in [0.15, 0.2) is 59.8 Å².